The summed E-state index contributed by atoms with van der Waals surface area (Å²) in [7, 11) is 0. The van der Waals surface area contributed by atoms with Crippen molar-refractivity contribution in [3.05, 3.63) is 83.7 Å². The summed E-state index contributed by atoms with van der Waals surface area (Å²) in [4.78, 5) is 31.5. The molecule has 3 heterocycles. The Morgan fingerprint density at radius 2 is 1.75 bits per heavy atom. The van der Waals surface area contributed by atoms with Gasteiger partial charge in [-0.05, 0) is 54.1 Å². The Labute approximate surface area is 202 Å². The molecule has 184 valence electrons. The number of nitrogens with zero attached hydrogens (tertiary/aromatic N) is 2. The number of rotatable bonds is 4. The average Bonchev–Trinajstić information content (AvgIpc) is 3.13. The Balaban J connectivity index is 1.61. The maximum absolute atomic E-state index is 13.2. The molecule has 8 nitrogen and oxygen atoms in total. The van der Waals surface area contributed by atoms with Crippen molar-refractivity contribution in [3.8, 4) is 17.2 Å². The molecule has 1 saturated heterocycles. The number of benzene rings is 2. The summed E-state index contributed by atoms with van der Waals surface area (Å²) in [5, 5.41) is 11.2. The van der Waals surface area contributed by atoms with Crippen molar-refractivity contribution >= 4 is 23.1 Å². The van der Waals surface area contributed by atoms with Crippen LogP contribution < -0.4 is 19.1 Å². The van der Waals surface area contributed by atoms with Crippen molar-refractivity contribution in [2.24, 2.45) is 0 Å². The molecule has 1 aromatic heterocycles. The van der Waals surface area contributed by atoms with Gasteiger partial charge in [0.1, 0.15) is 24.7 Å². The van der Waals surface area contributed by atoms with Crippen LogP contribution in [0.2, 0.25) is 0 Å². The van der Waals surface area contributed by atoms with E-state index in [1.54, 1.807) is 18.2 Å². The molecule has 0 saturated carbocycles. The normalized spacial score (nSPS) is 18.9. The zero-order valence-electron chi connectivity index (χ0n) is 18.4. The second-order valence-corrected chi connectivity index (χ2v) is 7.86. The minimum atomic E-state index is -4.88. The molecule has 5 rings (SSSR count). The SMILES string of the molecule is O=C1C(=O)N(c2ccc(OC(F)(F)F)cc2)C(c2cccnc2)/C1=C(/O)c1ccc2c(c1)OCCO2. The summed E-state index contributed by atoms with van der Waals surface area (Å²) in [6.07, 6.45) is -1.95. The van der Waals surface area contributed by atoms with E-state index in [0.29, 0.717) is 30.3 Å². The quantitative estimate of drug-likeness (QED) is 0.324. The summed E-state index contributed by atoms with van der Waals surface area (Å²) in [5.74, 6) is -2.02. The fraction of sp³-hybridized carbons (Fsp3) is 0.160. The summed E-state index contributed by atoms with van der Waals surface area (Å²) >= 11 is 0. The predicted molar refractivity (Wildman–Crippen MR) is 120 cm³/mol. The van der Waals surface area contributed by atoms with Crippen LogP contribution in [0.5, 0.6) is 17.2 Å². The monoisotopic (exact) mass is 498 g/mol. The van der Waals surface area contributed by atoms with Gasteiger partial charge in [-0.25, -0.2) is 0 Å². The van der Waals surface area contributed by atoms with Crippen LogP contribution in [0.15, 0.2) is 72.6 Å². The van der Waals surface area contributed by atoms with Crippen LogP contribution in [-0.2, 0) is 9.59 Å². The molecule has 3 aromatic rings. The Morgan fingerprint density at radius 1 is 1.03 bits per heavy atom. The summed E-state index contributed by atoms with van der Waals surface area (Å²) in [6.45, 7) is 0.683. The van der Waals surface area contributed by atoms with Gasteiger partial charge >= 0.3 is 6.36 Å². The zero-order chi connectivity index (χ0) is 25.4. The van der Waals surface area contributed by atoms with Gasteiger partial charge in [0.2, 0.25) is 0 Å². The summed E-state index contributed by atoms with van der Waals surface area (Å²) in [5.41, 5.74) is 0.550. The Bertz CT molecular complexity index is 1360. The van der Waals surface area contributed by atoms with E-state index in [2.05, 4.69) is 9.72 Å². The second-order valence-electron chi connectivity index (χ2n) is 7.86. The smallest absolute Gasteiger partial charge is 0.507 e. The van der Waals surface area contributed by atoms with E-state index in [9.17, 15) is 27.9 Å². The van der Waals surface area contributed by atoms with Crippen LogP contribution in [0.25, 0.3) is 5.76 Å². The van der Waals surface area contributed by atoms with E-state index in [0.717, 1.165) is 17.0 Å². The number of ketones is 1. The third-order valence-electron chi connectivity index (χ3n) is 5.61. The highest BCUT2D eigenvalue weighted by Crippen LogP contribution is 2.43. The third-order valence-corrected chi connectivity index (χ3v) is 5.61. The van der Waals surface area contributed by atoms with E-state index in [4.69, 9.17) is 9.47 Å². The number of anilines is 1. The fourth-order valence-electron chi connectivity index (χ4n) is 4.11. The largest absolute Gasteiger partial charge is 0.573 e. The molecule has 1 atom stereocenters. The van der Waals surface area contributed by atoms with Crippen molar-refractivity contribution in [3.63, 3.8) is 0 Å². The van der Waals surface area contributed by atoms with Crippen molar-refractivity contribution < 1.29 is 42.1 Å². The minimum Gasteiger partial charge on any atom is -0.507 e. The van der Waals surface area contributed by atoms with Crippen LogP contribution in [-0.4, -0.2) is 41.4 Å². The number of hydrogen-bond donors (Lipinski definition) is 1. The molecule has 1 amide bonds. The number of amides is 1. The molecule has 0 aliphatic carbocycles. The van der Waals surface area contributed by atoms with Crippen LogP contribution in [0, 0.1) is 0 Å². The lowest BCUT2D eigenvalue weighted by Crippen LogP contribution is -2.29. The first kappa shape index (κ1) is 23.2. The number of Topliss-reactive ketones (excluding diaryl/α,β-unsaturated/α-hetero) is 1. The van der Waals surface area contributed by atoms with Gasteiger partial charge in [-0.2, -0.15) is 0 Å². The molecular formula is C25H17F3N2O6. The number of pyridine rings is 1. The number of carbonyl (C=O) groups excluding carboxylic acids is 2. The molecule has 0 spiro atoms. The van der Waals surface area contributed by atoms with E-state index in [1.807, 2.05) is 0 Å². The van der Waals surface area contributed by atoms with Crippen molar-refractivity contribution in [2.45, 2.75) is 12.4 Å². The summed E-state index contributed by atoms with van der Waals surface area (Å²) in [6, 6.07) is 11.2. The molecule has 1 N–H and O–H groups in total. The first-order chi connectivity index (χ1) is 17.2. The topological polar surface area (TPSA) is 98.2 Å². The maximum atomic E-state index is 13.2. The molecule has 1 unspecified atom stereocenters. The van der Waals surface area contributed by atoms with Crippen molar-refractivity contribution in [1.29, 1.82) is 0 Å². The molecule has 2 aliphatic rings. The lowest BCUT2D eigenvalue weighted by molar-refractivity contribution is -0.274. The van der Waals surface area contributed by atoms with E-state index >= 15 is 0 Å². The van der Waals surface area contributed by atoms with Gasteiger partial charge in [0.15, 0.2) is 11.5 Å². The zero-order valence-corrected chi connectivity index (χ0v) is 18.4. The van der Waals surface area contributed by atoms with E-state index in [-0.39, 0.29) is 16.8 Å². The van der Waals surface area contributed by atoms with Crippen molar-refractivity contribution in [2.75, 3.05) is 18.1 Å². The molecule has 2 aromatic carbocycles. The third kappa shape index (κ3) is 4.30. The van der Waals surface area contributed by atoms with Gasteiger partial charge < -0.3 is 19.3 Å². The molecule has 0 bridgehead atoms. The van der Waals surface area contributed by atoms with Crippen LogP contribution >= 0.6 is 0 Å². The standard InChI is InChI=1S/C25H17F3N2O6/c26-25(27,28)36-17-6-4-16(5-7-17)30-21(15-2-1-9-29-13-15)20(23(32)24(30)33)22(31)14-3-8-18-19(12-14)35-11-10-34-18/h1-9,12-13,21,31H,10-11H2/b22-20-. The highest BCUT2D eigenvalue weighted by molar-refractivity contribution is 6.51. The molecule has 36 heavy (non-hydrogen) atoms. The first-order valence-electron chi connectivity index (χ1n) is 10.7. The number of alkyl halides is 3. The van der Waals surface area contributed by atoms with Crippen molar-refractivity contribution in [1.82, 2.24) is 4.98 Å². The number of aliphatic hydroxyl groups is 1. The van der Waals surface area contributed by atoms with Crippen LogP contribution in [0.4, 0.5) is 18.9 Å². The van der Waals surface area contributed by atoms with Gasteiger partial charge in [0, 0.05) is 23.6 Å². The Kier molecular flexibility index (Phi) is 5.75. The van der Waals surface area contributed by atoms with Gasteiger partial charge in [-0.3, -0.25) is 19.5 Å². The maximum Gasteiger partial charge on any atom is 0.573 e. The van der Waals surface area contributed by atoms with E-state index in [1.165, 1.54) is 36.7 Å². The Morgan fingerprint density at radius 3 is 2.42 bits per heavy atom. The number of hydrogen-bond acceptors (Lipinski definition) is 7. The minimum absolute atomic E-state index is 0.127. The number of aliphatic hydroxyl groups excluding tert-OH is 1. The molecule has 2 aliphatic heterocycles. The highest BCUT2D eigenvalue weighted by atomic mass is 19.4. The second kappa shape index (κ2) is 8.91. The Hall–Kier alpha value is -4.54. The number of halogens is 3. The van der Waals surface area contributed by atoms with Crippen LogP contribution in [0.3, 0.4) is 0 Å². The fourth-order valence-corrected chi connectivity index (χ4v) is 4.11. The first-order valence-corrected chi connectivity index (χ1v) is 10.7. The molecule has 0 radical (unpaired) electrons. The number of fused-ring (bicyclic) bond motifs is 1. The predicted octanol–water partition coefficient (Wildman–Crippen LogP) is 4.38. The number of aromatic nitrogens is 1. The summed E-state index contributed by atoms with van der Waals surface area (Å²) < 4.78 is 52.6. The number of ether oxygens (including phenoxy) is 3. The lowest BCUT2D eigenvalue weighted by Gasteiger charge is -2.25. The van der Waals surface area contributed by atoms with Gasteiger partial charge in [-0.1, -0.05) is 6.07 Å². The van der Waals surface area contributed by atoms with Gasteiger partial charge in [0.05, 0.1) is 11.6 Å². The molecular weight excluding hydrogens is 481 g/mol. The van der Waals surface area contributed by atoms with E-state index < -0.39 is 35.6 Å². The molecule has 11 heteroatoms. The van der Waals surface area contributed by atoms with Gasteiger partial charge in [0.25, 0.3) is 11.7 Å². The lowest BCUT2D eigenvalue weighted by atomic mass is 9.96. The van der Waals surface area contributed by atoms with Crippen LogP contribution in [0.1, 0.15) is 17.2 Å². The molecule has 1 fully saturated rings. The number of carbonyl (C=O) groups is 2. The highest BCUT2D eigenvalue weighted by Gasteiger charge is 2.47. The average molecular weight is 498 g/mol. The van der Waals surface area contributed by atoms with Gasteiger partial charge in [-0.15, -0.1) is 13.2 Å².